The highest BCUT2D eigenvalue weighted by Gasteiger charge is 2.34. The maximum absolute atomic E-state index is 10.1. The molecule has 1 heterocycles. The topological polar surface area (TPSA) is 38.7 Å². The quantitative estimate of drug-likeness (QED) is 0.814. The Balaban J connectivity index is 2.34. The van der Waals surface area contributed by atoms with Crippen LogP contribution in [0.4, 0.5) is 0 Å². The van der Waals surface area contributed by atoms with Crippen molar-refractivity contribution in [3.05, 3.63) is 23.8 Å². The van der Waals surface area contributed by atoms with Crippen molar-refractivity contribution in [1.29, 1.82) is 0 Å². The molecule has 3 nitrogen and oxygen atoms in total. The van der Waals surface area contributed by atoms with E-state index in [2.05, 4.69) is 20.8 Å². The van der Waals surface area contributed by atoms with Crippen LogP contribution in [0.3, 0.4) is 0 Å². The number of fused-ring (bicyclic) bond motifs is 1. The lowest BCUT2D eigenvalue weighted by molar-refractivity contribution is 0.00784. The van der Waals surface area contributed by atoms with Gasteiger partial charge >= 0.3 is 0 Å². The molecule has 0 saturated heterocycles. The molecular weight excluding hydrogens is 216 g/mol. The second-order valence-electron chi connectivity index (χ2n) is 5.63. The van der Waals surface area contributed by atoms with Crippen molar-refractivity contribution in [2.45, 2.75) is 39.4 Å². The van der Waals surface area contributed by atoms with E-state index in [9.17, 15) is 5.11 Å². The van der Waals surface area contributed by atoms with Gasteiger partial charge in [0.25, 0.3) is 0 Å². The van der Waals surface area contributed by atoms with Gasteiger partial charge in [0.2, 0.25) is 0 Å². The highest BCUT2D eigenvalue weighted by atomic mass is 16.5. The highest BCUT2D eigenvalue weighted by Crippen LogP contribution is 2.41. The van der Waals surface area contributed by atoms with E-state index < -0.39 is 6.10 Å². The Kier molecular flexibility index (Phi) is 3.04. The Morgan fingerprint density at radius 1 is 1.35 bits per heavy atom. The summed E-state index contributed by atoms with van der Waals surface area (Å²) >= 11 is 0. The lowest BCUT2D eigenvalue weighted by atomic mass is 9.83. The fourth-order valence-corrected chi connectivity index (χ4v) is 2.08. The number of ether oxygens (including phenoxy) is 2. The Labute approximate surface area is 102 Å². The van der Waals surface area contributed by atoms with Crippen LogP contribution < -0.4 is 9.47 Å². The van der Waals surface area contributed by atoms with E-state index in [1.54, 1.807) is 7.11 Å². The van der Waals surface area contributed by atoms with Gasteiger partial charge < -0.3 is 14.6 Å². The Bertz CT molecular complexity index is 406. The summed E-state index contributed by atoms with van der Waals surface area (Å²) in [7, 11) is 1.63. The SMILES string of the molecule is COc1ccc2c(c1)OC(C(C)(C)C)C[C@H]2O. The maximum atomic E-state index is 10.1. The van der Waals surface area contributed by atoms with Crippen LogP contribution in [0.15, 0.2) is 18.2 Å². The summed E-state index contributed by atoms with van der Waals surface area (Å²) in [6.07, 6.45) is 0.217. The number of hydrogen-bond acceptors (Lipinski definition) is 3. The number of aliphatic hydroxyl groups excluding tert-OH is 1. The molecular formula is C14H20O3. The van der Waals surface area contributed by atoms with Gasteiger partial charge in [0.05, 0.1) is 13.2 Å². The molecule has 1 aliphatic heterocycles. The minimum atomic E-state index is -0.450. The second kappa shape index (κ2) is 4.22. The zero-order valence-corrected chi connectivity index (χ0v) is 10.9. The van der Waals surface area contributed by atoms with Crippen LogP contribution in [0.25, 0.3) is 0 Å². The van der Waals surface area contributed by atoms with Crippen molar-refractivity contribution in [2.75, 3.05) is 7.11 Å². The third-order valence-electron chi connectivity index (χ3n) is 3.25. The molecule has 2 rings (SSSR count). The van der Waals surface area contributed by atoms with E-state index in [0.717, 1.165) is 17.1 Å². The zero-order valence-electron chi connectivity index (χ0n) is 10.9. The molecule has 3 heteroatoms. The third-order valence-corrected chi connectivity index (χ3v) is 3.25. The minimum absolute atomic E-state index is 0.0156. The molecule has 0 bridgehead atoms. The van der Waals surface area contributed by atoms with Crippen LogP contribution in [0.2, 0.25) is 0 Å². The Morgan fingerprint density at radius 3 is 2.65 bits per heavy atom. The maximum Gasteiger partial charge on any atom is 0.129 e. The first-order valence-corrected chi connectivity index (χ1v) is 5.94. The lowest BCUT2D eigenvalue weighted by Gasteiger charge is -2.37. The van der Waals surface area contributed by atoms with Crippen molar-refractivity contribution >= 4 is 0 Å². The van der Waals surface area contributed by atoms with Crippen LogP contribution in [0, 0.1) is 5.41 Å². The first-order chi connectivity index (χ1) is 7.91. The average molecular weight is 236 g/mol. The molecule has 1 aromatic rings. The summed E-state index contributed by atoms with van der Waals surface area (Å²) in [6.45, 7) is 6.36. The number of aliphatic hydroxyl groups is 1. The van der Waals surface area contributed by atoms with E-state index in [0.29, 0.717) is 6.42 Å². The molecule has 0 aromatic heterocycles. The van der Waals surface area contributed by atoms with Crippen molar-refractivity contribution in [3.63, 3.8) is 0 Å². The van der Waals surface area contributed by atoms with E-state index in [4.69, 9.17) is 9.47 Å². The number of rotatable bonds is 1. The van der Waals surface area contributed by atoms with E-state index >= 15 is 0 Å². The molecule has 1 aliphatic rings. The standard InChI is InChI=1S/C14H20O3/c1-14(2,3)13-8-11(15)10-6-5-9(16-4)7-12(10)17-13/h5-7,11,13,15H,8H2,1-4H3/t11-,13?/m1/s1. The Hall–Kier alpha value is -1.22. The summed E-state index contributed by atoms with van der Waals surface area (Å²) in [5.74, 6) is 1.49. The monoisotopic (exact) mass is 236 g/mol. The molecule has 0 aliphatic carbocycles. The molecule has 0 amide bonds. The summed E-state index contributed by atoms with van der Waals surface area (Å²) in [6, 6.07) is 5.57. The molecule has 94 valence electrons. The van der Waals surface area contributed by atoms with Gasteiger partial charge in [-0.3, -0.25) is 0 Å². The molecule has 0 radical (unpaired) electrons. The first-order valence-electron chi connectivity index (χ1n) is 5.94. The van der Waals surface area contributed by atoms with Crippen molar-refractivity contribution in [1.82, 2.24) is 0 Å². The van der Waals surface area contributed by atoms with Crippen LogP contribution in [0.5, 0.6) is 11.5 Å². The van der Waals surface area contributed by atoms with Crippen LogP contribution in [0.1, 0.15) is 38.9 Å². The Morgan fingerprint density at radius 2 is 2.06 bits per heavy atom. The van der Waals surface area contributed by atoms with E-state index in [1.807, 2.05) is 18.2 Å². The van der Waals surface area contributed by atoms with E-state index in [-0.39, 0.29) is 11.5 Å². The molecule has 1 aromatic carbocycles. The van der Waals surface area contributed by atoms with Gasteiger partial charge in [0, 0.05) is 18.1 Å². The average Bonchev–Trinajstić information content (AvgIpc) is 2.27. The molecule has 0 fully saturated rings. The van der Waals surface area contributed by atoms with Crippen molar-refractivity contribution in [3.8, 4) is 11.5 Å². The minimum Gasteiger partial charge on any atom is -0.497 e. The van der Waals surface area contributed by atoms with Gasteiger partial charge in [-0.25, -0.2) is 0 Å². The smallest absolute Gasteiger partial charge is 0.129 e. The third kappa shape index (κ3) is 2.39. The zero-order chi connectivity index (χ0) is 12.6. The van der Waals surface area contributed by atoms with Gasteiger partial charge in [0.1, 0.15) is 17.6 Å². The predicted molar refractivity (Wildman–Crippen MR) is 66.4 cm³/mol. The number of hydrogen-bond donors (Lipinski definition) is 1. The highest BCUT2D eigenvalue weighted by molar-refractivity contribution is 5.43. The summed E-state index contributed by atoms with van der Waals surface area (Å²) in [5, 5.41) is 10.1. The molecule has 1 N–H and O–H groups in total. The van der Waals surface area contributed by atoms with Crippen LogP contribution in [-0.4, -0.2) is 18.3 Å². The van der Waals surface area contributed by atoms with Gasteiger partial charge in [-0.05, 0) is 17.5 Å². The second-order valence-corrected chi connectivity index (χ2v) is 5.63. The normalized spacial score (nSPS) is 23.8. The number of methoxy groups -OCH3 is 1. The predicted octanol–water partition coefficient (Wildman–Crippen LogP) is 2.93. The fraction of sp³-hybridized carbons (Fsp3) is 0.571. The van der Waals surface area contributed by atoms with Crippen molar-refractivity contribution < 1.29 is 14.6 Å². The molecule has 0 spiro atoms. The molecule has 17 heavy (non-hydrogen) atoms. The first kappa shape index (κ1) is 12.2. The molecule has 2 atom stereocenters. The lowest BCUT2D eigenvalue weighted by Crippen LogP contribution is -2.36. The van der Waals surface area contributed by atoms with Crippen molar-refractivity contribution in [2.24, 2.45) is 5.41 Å². The number of benzene rings is 1. The van der Waals surface area contributed by atoms with Crippen LogP contribution in [-0.2, 0) is 0 Å². The summed E-state index contributed by atoms with van der Waals surface area (Å²) in [4.78, 5) is 0. The molecule has 1 unspecified atom stereocenters. The summed E-state index contributed by atoms with van der Waals surface area (Å²) in [5.41, 5.74) is 0.869. The van der Waals surface area contributed by atoms with Gasteiger partial charge in [0.15, 0.2) is 0 Å². The van der Waals surface area contributed by atoms with E-state index in [1.165, 1.54) is 0 Å². The fourth-order valence-electron chi connectivity index (χ4n) is 2.08. The summed E-state index contributed by atoms with van der Waals surface area (Å²) < 4.78 is 11.1. The molecule has 0 saturated carbocycles. The van der Waals surface area contributed by atoms with Gasteiger partial charge in [-0.15, -0.1) is 0 Å². The largest absolute Gasteiger partial charge is 0.497 e. The van der Waals surface area contributed by atoms with Crippen LogP contribution >= 0.6 is 0 Å². The van der Waals surface area contributed by atoms with Gasteiger partial charge in [-0.2, -0.15) is 0 Å². The van der Waals surface area contributed by atoms with Gasteiger partial charge in [-0.1, -0.05) is 20.8 Å².